The van der Waals surface area contributed by atoms with E-state index in [4.69, 9.17) is 0 Å². The van der Waals surface area contributed by atoms with E-state index in [9.17, 15) is 8.42 Å². The third kappa shape index (κ3) is 12.1. The van der Waals surface area contributed by atoms with Crippen LogP contribution in [-0.2, 0) is 9.84 Å². The topological polar surface area (TPSA) is 73.8 Å². The van der Waals surface area contributed by atoms with E-state index in [0.717, 1.165) is 38.6 Å². The second-order valence-electron chi connectivity index (χ2n) is 6.49. The minimum atomic E-state index is -2.93. The summed E-state index contributed by atoms with van der Waals surface area (Å²) in [5.74, 6) is 0.930. The van der Waals surface area contributed by atoms with Gasteiger partial charge in [-0.25, -0.2) is 8.42 Å². The van der Waals surface area contributed by atoms with Crippen LogP contribution in [-0.4, -0.2) is 58.6 Å². The molecule has 0 saturated carbocycles. The minimum absolute atomic E-state index is 0. The number of hydrogen-bond acceptors (Lipinski definition) is 4. The van der Waals surface area contributed by atoms with Crippen LogP contribution in [0.2, 0.25) is 0 Å². The molecule has 0 fully saturated rings. The van der Waals surface area contributed by atoms with Crippen molar-refractivity contribution in [2.24, 2.45) is 4.99 Å². The summed E-state index contributed by atoms with van der Waals surface area (Å²) in [6.07, 6.45) is 2.79. The van der Waals surface area contributed by atoms with E-state index in [-0.39, 0.29) is 35.8 Å². The van der Waals surface area contributed by atoms with Crippen molar-refractivity contribution in [3.05, 3.63) is 30.3 Å². The van der Waals surface area contributed by atoms with Crippen molar-refractivity contribution in [1.29, 1.82) is 0 Å². The van der Waals surface area contributed by atoms with E-state index in [1.807, 2.05) is 19.9 Å². The molecule has 0 bridgehead atoms. The highest BCUT2D eigenvalue weighted by Crippen LogP contribution is 2.12. The Bertz CT molecular complexity index is 638. The minimum Gasteiger partial charge on any atom is -0.372 e. The summed E-state index contributed by atoms with van der Waals surface area (Å²) < 4.78 is 22.6. The molecule has 8 heteroatoms. The summed E-state index contributed by atoms with van der Waals surface area (Å²) in [6.45, 7) is 9.57. The molecule has 0 aliphatic heterocycles. The van der Waals surface area contributed by atoms with Crippen molar-refractivity contribution >= 4 is 45.5 Å². The Morgan fingerprint density at radius 3 is 2.44 bits per heavy atom. The van der Waals surface area contributed by atoms with E-state index in [0.29, 0.717) is 6.42 Å². The second-order valence-corrected chi connectivity index (χ2v) is 8.75. The fraction of sp³-hybridized carbons (Fsp3) is 0.632. The summed E-state index contributed by atoms with van der Waals surface area (Å²) in [4.78, 5) is 6.95. The molecule has 0 aromatic heterocycles. The molecule has 1 aromatic rings. The SMILES string of the molecule is CCNC(=NCCCN(CC)c1ccccc1)NC(C)CCS(C)(=O)=O.I. The van der Waals surface area contributed by atoms with Crippen molar-refractivity contribution in [3.8, 4) is 0 Å². The number of sulfone groups is 1. The van der Waals surface area contributed by atoms with Crippen molar-refractivity contribution in [1.82, 2.24) is 10.6 Å². The van der Waals surface area contributed by atoms with E-state index < -0.39 is 9.84 Å². The lowest BCUT2D eigenvalue weighted by atomic mass is 10.2. The van der Waals surface area contributed by atoms with Gasteiger partial charge in [-0.15, -0.1) is 24.0 Å². The first-order valence-electron chi connectivity index (χ1n) is 9.38. The third-order valence-electron chi connectivity index (χ3n) is 4.01. The van der Waals surface area contributed by atoms with Gasteiger partial charge in [0.05, 0.1) is 5.75 Å². The van der Waals surface area contributed by atoms with Crippen LogP contribution in [0.25, 0.3) is 0 Å². The quantitative estimate of drug-likeness (QED) is 0.207. The average molecular weight is 510 g/mol. The molecule has 1 rings (SSSR count). The van der Waals surface area contributed by atoms with E-state index in [2.05, 4.69) is 51.7 Å². The maximum atomic E-state index is 11.3. The number of anilines is 1. The number of para-hydroxylation sites is 1. The van der Waals surface area contributed by atoms with Gasteiger partial charge in [0, 0.05) is 44.2 Å². The molecular weight excluding hydrogens is 475 g/mol. The second kappa shape index (κ2) is 14.0. The summed E-state index contributed by atoms with van der Waals surface area (Å²) >= 11 is 0. The average Bonchev–Trinajstić information content (AvgIpc) is 2.60. The smallest absolute Gasteiger partial charge is 0.191 e. The first-order chi connectivity index (χ1) is 12.4. The molecule has 2 N–H and O–H groups in total. The number of guanidine groups is 1. The molecule has 0 radical (unpaired) electrons. The molecular formula is C19H35IN4O2S. The summed E-state index contributed by atoms with van der Waals surface area (Å²) in [5, 5.41) is 6.51. The Morgan fingerprint density at radius 1 is 1.22 bits per heavy atom. The van der Waals surface area contributed by atoms with E-state index >= 15 is 0 Å². The Hall–Kier alpha value is -1.03. The van der Waals surface area contributed by atoms with Crippen LogP contribution >= 0.6 is 24.0 Å². The number of rotatable bonds is 11. The predicted molar refractivity (Wildman–Crippen MR) is 127 cm³/mol. The van der Waals surface area contributed by atoms with Crippen LogP contribution in [0.5, 0.6) is 0 Å². The molecule has 1 unspecified atom stereocenters. The highest BCUT2D eigenvalue weighted by atomic mass is 127. The van der Waals surface area contributed by atoms with Crippen LogP contribution in [0.1, 0.15) is 33.6 Å². The number of benzene rings is 1. The van der Waals surface area contributed by atoms with E-state index in [1.54, 1.807) is 0 Å². The Balaban J connectivity index is 0.00000676. The van der Waals surface area contributed by atoms with Crippen LogP contribution in [0, 0.1) is 0 Å². The van der Waals surface area contributed by atoms with Crippen molar-refractivity contribution < 1.29 is 8.42 Å². The Labute approximate surface area is 182 Å². The summed E-state index contributed by atoms with van der Waals surface area (Å²) in [7, 11) is -2.93. The monoisotopic (exact) mass is 510 g/mol. The number of halogens is 1. The van der Waals surface area contributed by atoms with Crippen LogP contribution < -0.4 is 15.5 Å². The molecule has 0 spiro atoms. The molecule has 27 heavy (non-hydrogen) atoms. The van der Waals surface area contributed by atoms with Gasteiger partial charge >= 0.3 is 0 Å². The fourth-order valence-electron chi connectivity index (χ4n) is 2.58. The van der Waals surface area contributed by atoms with Gasteiger partial charge in [-0.2, -0.15) is 0 Å². The van der Waals surface area contributed by atoms with Gasteiger partial charge in [-0.1, -0.05) is 18.2 Å². The molecule has 0 amide bonds. The fourth-order valence-corrected chi connectivity index (χ4v) is 3.36. The van der Waals surface area contributed by atoms with Crippen LogP contribution in [0.4, 0.5) is 5.69 Å². The number of hydrogen-bond donors (Lipinski definition) is 2. The highest BCUT2D eigenvalue weighted by Gasteiger charge is 2.09. The van der Waals surface area contributed by atoms with Gasteiger partial charge in [0.1, 0.15) is 9.84 Å². The van der Waals surface area contributed by atoms with Gasteiger partial charge in [-0.3, -0.25) is 4.99 Å². The van der Waals surface area contributed by atoms with Crippen LogP contribution in [0.3, 0.4) is 0 Å². The van der Waals surface area contributed by atoms with E-state index in [1.165, 1.54) is 11.9 Å². The molecule has 156 valence electrons. The first-order valence-corrected chi connectivity index (χ1v) is 11.4. The number of nitrogens with zero attached hydrogens (tertiary/aromatic N) is 2. The Kier molecular flexibility index (Phi) is 13.5. The van der Waals surface area contributed by atoms with Gasteiger partial charge in [-0.05, 0) is 45.7 Å². The summed E-state index contributed by atoms with van der Waals surface area (Å²) in [5.41, 5.74) is 1.23. The van der Waals surface area contributed by atoms with Crippen molar-refractivity contribution in [2.45, 2.75) is 39.7 Å². The molecule has 1 atom stereocenters. The van der Waals surface area contributed by atoms with Crippen molar-refractivity contribution in [3.63, 3.8) is 0 Å². The molecule has 6 nitrogen and oxygen atoms in total. The maximum Gasteiger partial charge on any atom is 0.191 e. The van der Waals surface area contributed by atoms with Gasteiger partial charge < -0.3 is 15.5 Å². The lowest BCUT2D eigenvalue weighted by Crippen LogP contribution is -2.43. The number of aliphatic imine (C=N–C) groups is 1. The zero-order valence-electron chi connectivity index (χ0n) is 16.9. The molecule has 1 aromatic carbocycles. The lowest BCUT2D eigenvalue weighted by Gasteiger charge is -2.23. The standard InChI is InChI=1S/C19H34N4O2S.HI/c1-5-20-19(22-17(3)13-16-26(4,24)25)21-14-10-15-23(6-2)18-11-8-7-9-12-18;/h7-9,11-12,17H,5-6,10,13-16H2,1-4H3,(H2,20,21,22);1H. The summed E-state index contributed by atoms with van der Waals surface area (Å²) in [6, 6.07) is 10.5. The number of nitrogens with one attached hydrogen (secondary N) is 2. The molecule has 0 aliphatic carbocycles. The van der Waals surface area contributed by atoms with Crippen molar-refractivity contribution in [2.75, 3.05) is 43.1 Å². The zero-order chi connectivity index (χ0) is 19.4. The largest absolute Gasteiger partial charge is 0.372 e. The molecule has 0 aliphatic rings. The molecule has 0 saturated heterocycles. The van der Waals surface area contributed by atoms with Gasteiger partial charge in [0.15, 0.2) is 5.96 Å². The Morgan fingerprint density at radius 2 is 1.89 bits per heavy atom. The normalized spacial score (nSPS) is 12.8. The van der Waals surface area contributed by atoms with Gasteiger partial charge in [0.25, 0.3) is 0 Å². The maximum absolute atomic E-state index is 11.3. The zero-order valence-corrected chi connectivity index (χ0v) is 20.1. The third-order valence-corrected chi connectivity index (χ3v) is 4.99. The predicted octanol–water partition coefficient (Wildman–Crippen LogP) is 2.90. The highest BCUT2D eigenvalue weighted by molar-refractivity contribution is 14.0. The van der Waals surface area contributed by atoms with Gasteiger partial charge in [0.2, 0.25) is 0 Å². The molecule has 0 heterocycles. The van der Waals surface area contributed by atoms with Crippen LogP contribution in [0.15, 0.2) is 35.3 Å². The lowest BCUT2D eigenvalue weighted by molar-refractivity contribution is 0.581. The first kappa shape index (κ1) is 26.0.